The third kappa shape index (κ3) is 4.33. The molecule has 0 heterocycles. The van der Waals surface area contributed by atoms with Crippen molar-refractivity contribution in [2.24, 2.45) is 0 Å². The lowest BCUT2D eigenvalue weighted by molar-refractivity contribution is -0.109. The molecule has 1 aromatic carbocycles. The van der Waals surface area contributed by atoms with Crippen LogP contribution in [0.3, 0.4) is 0 Å². The molecule has 0 aliphatic rings. The number of thioether (sulfide) groups is 1. The van der Waals surface area contributed by atoms with Crippen molar-refractivity contribution in [3.05, 3.63) is 34.9 Å². The smallest absolute Gasteiger partial charge is 0.335 e. The van der Waals surface area contributed by atoms with Crippen molar-refractivity contribution in [1.29, 1.82) is 0 Å². The number of hydrogen-bond acceptors (Lipinski definition) is 3. The summed E-state index contributed by atoms with van der Waals surface area (Å²) in [5.74, 6) is 5.29. The van der Waals surface area contributed by atoms with E-state index in [0.717, 1.165) is 22.9 Å². The van der Waals surface area contributed by atoms with Crippen LogP contribution in [-0.4, -0.2) is 21.9 Å². The SMILES string of the molecule is CC(=O)SCC#Cc1ccc(C(=O)O)cc1C. The van der Waals surface area contributed by atoms with Gasteiger partial charge in [0.15, 0.2) is 5.12 Å². The van der Waals surface area contributed by atoms with Gasteiger partial charge in [-0.2, -0.15) is 0 Å². The number of carboxylic acids is 1. The molecule has 0 aromatic heterocycles. The minimum atomic E-state index is -0.945. The van der Waals surface area contributed by atoms with Gasteiger partial charge in [-0.25, -0.2) is 4.79 Å². The fraction of sp³-hybridized carbons (Fsp3) is 0.231. The lowest BCUT2D eigenvalue weighted by Gasteiger charge is -1.99. The second-order valence-corrected chi connectivity index (χ2v) is 4.57. The first-order chi connectivity index (χ1) is 8.00. The first kappa shape index (κ1) is 13.3. The monoisotopic (exact) mass is 248 g/mol. The number of carbonyl (C=O) groups is 2. The first-order valence-corrected chi connectivity index (χ1v) is 5.95. The van der Waals surface area contributed by atoms with Crippen LogP contribution in [0.4, 0.5) is 0 Å². The summed E-state index contributed by atoms with van der Waals surface area (Å²) in [7, 11) is 0. The van der Waals surface area contributed by atoms with Gasteiger partial charge < -0.3 is 5.11 Å². The summed E-state index contributed by atoms with van der Waals surface area (Å²) in [6, 6.07) is 4.80. The largest absolute Gasteiger partial charge is 0.478 e. The molecule has 0 amide bonds. The minimum absolute atomic E-state index is 0.0391. The lowest BCUT2D eigenvalue weighted by Crippen LogP contribution is -1.97. The molecular weight excluding hydrogens is 236 g/mol. The zero-order valence-electron chi connectivity index (χ0n) is 9.61. The van der Waals surface area contributed by atoms with Gasteiger partial charge in [0.25, 0.3) is 0 Å². The predicted octanol–water partition coefficient (Wildman–Crippen LogP) is 2.32. The summed E-state index contributed by atoms with van der Waals surface area (Å²) in [5, 5.41) is 8.84. The number of rotatable bonds is 2. The highest BCUT2D eigenvalue weighted by atomic mass is 32.2. The van der Waals surface area contributed by atoms with Gasteiger partial charge in [0.05, 0.1) is 11.3 Å². The maximum absolute atomic E-state index is 10.7. The molecule has 0 aliphatic carbocycles. The van der Waals surface area contributed by atoms with Crippen LogP contribution >= 0.6 is 11.8 Å². The van der Waals surface area contributed by atoms with E-state index in [1.54, 1.807) is 12.1 Å². The van der Waals surface area contributed by atoms with Crippen LogP contribution in [0.5, 0.6) is 0 Å². The Kier molecular flexibility index (Phi) is 4.80. The van der Waals surface area contributed by atoms with E-state index >= 15 is 0 Å². The van der Waals surface area contributed by atoms with Crippen LogP contribution in [-0.2, 0) is 4.79 Å². The maximum atomic E-state index is 10.7. The van der Waals surface area contributed by atoms with Gasteiger partial charge in [-0.05, 0) is 30.7 Å². The van der Waals surface area contributed by atoms with Crippen molar-refractivity contribution < 1.29 is 14.7 Å². The zero-order valence-corrected chi connectivity index (χ0v) is 10.4. The van der Waals surface area contributed by atoms with Crippen molar-refractivity contribution in [2.45, 2.75) is 13.8 Å². The summed E-state index contributed by atoms with van der Waals surface area (Å²) < 4.78 is 0. The molecule has 0 radical (unpaired) electrons. The van der Waals surface area contributed by atoms with E-state index in [0.29, 0.717) is 5.75 Å². The normalized spacial score (nSPS) is 9.29. The molecule has 3 nitrogen and oxygen atoms in total. The van der Waals surface area contributed by atoms with Gasteiger partial charge >= 0.3 is 5.97 Å². The van der Waals surface area contributed by atoms with Gasteiger partial charge in [-0.15, -0.1) is 0 Å². The molecule has 1 rings (SSSR count). The molecule has 0 unspecified atom stereocenters. The minimum Gasteiger partial charge on any atom is -0.478 e. The van der Waals surface area contributed by atoms with Crippen LogP contribution in [0.1, 0.15) is 28.4 Å². The maximum Gasteiger partial charge on any atom is 0.335 e. The Balaban J connectivity index is 2.79. The van der Waals surface area contributed by atoms with E-state index in [1.165, 1.54) is 13.0 Å². The van der Waals surface area contributed by atoms with Gasteiger partial charge in [0, 0.05) is 12.5 Å². The van der Waals surface area contributed by atoms with Crippen LogP contribution in [0.2, 0.25) is 0 Å². The fourth-order valence-electron chi connectivity index (χ4n) is 1.21. The lowest BCUT2D eigenvalue weighted by atomic mass is 10.1. The van der Waals surface area contributed by atoms with Crippen LogP contribution < -0.4 is 0 Å². The molecule has 1 aromatic rings. The summed E-state index contributed by atoms with van der Waals surface area (Å²) in [6.45, 7) is 3.31. The van der Waals surface area contributed by atoms with E-state index in [9.17, 15) is 9.59 Å². The number of carbonyl (C=O) groups excluding carboxylic acids is 1. The molecule has 0 saturated heterocycles. The number of aromatic carboxylic acids is 1. The van der Waals surface area contributed by atoms with Crippen molar-refractivity contribution in [2.75, 3.05) is 5.75 Å². The van der Waals surface area contributed by atoms with E-state index in [-0.39, 0.29) is 10.7 Å². The molecule has 0 bridgehead atoms. The first-order valence-electron chi connectivity index (χ1n) is 4.97. The Labute approximate surface area is 104 Å². The molecule has 88 valence electrons. The average molecular weight is 248 g/mol. The third-order valence-corrected chi connectivity index (χ3v) is 2.74. The Hall–Kier alpha value is -1.73. The number of aryl methyl sites for hydroxylation is 1. The van der Waals surface area contributed by atoms with Crippen LogP contribution in [0, 0.1) is 18.8 Å². The highest BCUT2D eigenvalue weighted by Gasteiger charge is 2.03. The van der Waals surface area contributed by atoms with Crippen molar-refractivity contribution >= 4 is 22.8 Å². The standard InChI is InChI=1S/C13H12O3S/c1-9-8-12(13(15)16)6-5-11(9)4-3-7-17-10(2)14/h5-6,8H,7H2,1-2H3,(H,15,16). The van der Waals surface area contributed by atoms with Crippen LogP contribution in [0.25, 0.3) is 0 Å². The van der Waals surface area contributed by atoms with Crippen molar-refractivity contribution in [3.8, 4) is 11.8 Å². The Morgan fingerprint density at radius 3 is 2.65 bits per heavy atom. The topological polar surface area (TPSA) is 54.4 Å². The van der Waals surface area contributed by atoms with E-state index in [4.69, 9.17) is 5.11 Å². The van der Waals surface area contributed by atoms with Crippen molar-refractivity contribution in [1.82, 2.24) is 0 Å². The molecule has 0 atom stereocenters. The second kappa shape index (κ2) is 6.12. The second-order valence-electron chi connectivity index (χ2n) is 3.42. The van der Waals surface area contributed by atoms with Crippen LogP contribution in [0.15, 0.2) is 18.2 Å². The summed E-state index contributed by atoms with van der Waals surface area (Å²) in [5.41, 5.74) is 1.87. The number of carboxylic acid groups (broad SMARTS) is 1. The molecule has 0 aliphatic heterocycles. The average Bonchev–Trinajstić information content (AvgIpc) is 2.25. The molecule has 4 heteroatoms. The zero-order chi connectivity index (χ0) is 12.8. The molecule has 17 heavy (non-hydrogen) atoms. The van der Waals surface area contributed by atoms with Gasteiger partial charge in [-0.3, -0.25) is 4.79 Å². The molecule has 0 fully saturated rings. The Bertz CT molecular complexity index is 509. The van der Waals surface area contributed by atoms with E-state index in [2.05, 4.69) is 11.8 Å². The Morgan fingerprint density at radius 2 is 2.12 bits per heavy atom. The summed E-state index contributed by atoms with van der Waals surface area (Å²) in [4.78, 5) is 21.4. The van der Waals surface area contributed by atoms with E-state index in [1.807, 2.05) is 6.92 Å². The number of benzene rings is 1. The van der Waals surface area contributed by atoms with E-state index < -0.39 is 5.97 Å². The predicted molar refractivity (Wildman–Crippen MR) is 68.2 cm³/mol. The molecular formula is C13H12O3S. The highest BCUT2D eigenvalue weighted by Crippen LogP contribution is 2.10. The molecule has 0 spiro atoms. The molecule has 0 saturated carbocycles. The van der Waals surface area contributed by atoms with Gasteiger partial charge in [0.1, 0.15) is 0 Å². The van der Waals surface area contributed by atoms with Gasteiger partial charge in [0.2, 0.25) is 0 Å². The molecule has 1 N–H and O–H groups in total. The third-order valence-electron chi connectivity index (χ3n) is 2.04. The Morgan fingerprint density at radius 1 is 1.41 bits per heavy atom. The number of hydrogen-bond donors (Lipinski definition) is 1. The fourth-order valence-corrected chi connectivity index (χ4v) is 1.55. The van der Waals surface area contributed by atoms with Gasteiger partial charge in [-0.1, -0.05) is 23.6 Å². The highest BCUT2D eigenvalue weighted by molar-refractivity contribution is 8.13. The summed E-state index contributed by atoms with van der Waals surface area (Å²) in [6.07, 6.45) is 0. The van der Waals surface area contributed by atoms with Crippen molar-refractivity contribution in [3.63, 3.8) is 0 Å². The quantitative estimate of drug-likeness (QED) is 0.816. The summed E-state index contributed by atoms with van der Waals surface area (Å²) >= 11 is 1.16.